The molecule has 1 N–H and O–H groups in total. The van der Waals surface area contributed by atoms with E-state index < -0.39 is 0 Å². The maximum atomic E-state index is 13.2. The predicted molar refractivity (Wildman–Crippen MR) is 58.5 cm³/mol. The predicted octanol–water partition coefficient (Wildman–Crippen LogP) is 2.76. The third-order valence-corrected chi connectivity index (χ3v) is 2.26. The molecule has 16 heavy (non-hydrogen) atoms. The summed E-state index contributed by atoms with van der Waals surface area (Å²) < 4.78 is 18.3. The molecule has 0 amide bonds. The van der Waals surface area contributed by atoms with Gasteiger partial charge in [-0.1, -0.05) is 0 Å². The van der Waals surface area contributed by atoms with Crippen LogP contribution in [0.3, 0.4) is 0 Å². The summed E-state index contributed by atoms with van der Waals surface area (Å²) in [6.45, 7) is 0.841. The van der Waals surface area contributed by atoms with E-state index in [9.17, 15) is 4.39 Å². The Labute approximate surface area is 97.3 Å². The van der Waals surface area contributed by atoms with Crippen LogP contribution >= 0.6 is 11.6 Å². The summed E-state index contributed by atoms with van der Waals surface area (Å²) in [5.74, 6) is 0.397. The van der Waals surface area contributed by atoms with Gasteiger partial charge in [0.2, 0.25) is 0 Å². The zero-order chi connectivity index (χ0) is 11.4. The van der Waals surface area contributed by atoms with Gasteiger partial charge in [0.15, 0.2) is 5.22 Å². The molecule has 0 aliphatic rings. The summed E-state index contributed by atoms with van der Waals surface area (Å²) >= 11 is 5.61. The first kappa shape index (κ1) is 11.1. The molecule has 84 valence electrons. The number of nitrogens with one attached hydrogen (secondary N) is 1. The fourth-order valence-electron chi connectivity index (χ4n) is 1.30. The highest BCUT2D eigenvalue weighted by molar-refractivity contribution is 6.28. The van der Waals surface area contributed by atoms with Gasteiger partial charge in [-0.05, 0) is 35.9 Å². The van der Waals surface area contributed by atoms with E-state index in [2.05, 4.69) is 10.3 Å². The first-order valence-electron chi connectivity index (χ1n) is 4.80. The first-order valence-corrected chi connectivity index (χ1v) is 5.18. The smallest absolute Gasteiger partial charge is 0.193 e. The van der Waals surface area contributed by atoms with Crippen LogP contribution in [-0.2, 0) is 13.1 Å². The van der Waals surface area contributed by atoms with Crippen LogP contribution in [0, 0.1) is 5.82 Å². The highest BCUT2D eigenvalue weighted by Gasteiger charge is 2.03. The second kappa shape index (κ2) is 5.09. The van der Waals surface area contributed by atoms with Crippen LogP contribution in [-0.4, -0.2) is 4.98 Å². The monoisotopic (exact) mass is 240 g/mol. The molecule has 0 spiro atoms. The van der Waals surface area contributed by atoms with Crippen LogP contribution in [0.1, 0.15) is 11.5 Å². The summed E-state index contributed by atoms with van der Waals surface area (Å²) in [4.78, 5) is 3.92. The second-order valence-electron chi connectivity index (χ2n) is 3.24. The molecule has 0 bridgehead atoms. The number of hydrogen-bond acceptors (Lipinski definition) is 3. The van der Waals surface area contributed by atoms with Gasteiger partial charge in [0.1, 0.15) is 11.6 Å². The van der Waals surface area contributed by atoms with Crippen molar-refractivity contribution < 1.29 is 8.81 Å². The van der Waals surface area contributed by atoms with Crippen molar-refractivity contribution in [1.82, 2.24) is 10.3 Å². The van der Waals surface area contributed by atoms with Crippen LogP contribution in [0.4, 0.5) is 4.39 Å². The average molecular weight is 241 g/mol. The third-order valence-electron chi connectivity index (χ3n) is 2.06. The van der Waals surface area contributed by atoms with Gasteiger partial charge in [-0.25, -0.2) is 4.39 Å². The number of hydrogen-bond donors (Lipinski definition) is 1. The number of nitrogens with zero attached hydrogens (tertiary/aromatic N) is 1. The molecule has 2 rings (SSSR count). The minimum absolute atomic E-state index is 0.313. The van der Waals surface area contributed by atoms with Crippen LogP contribution in [0.2, 0.25) is 5.22 Å². The van der Waals surface area contributed by atoms with E-state index in [1.165, 1.54) is 6.07 Å². The molecule has 5 heteroatoms. The topological polar surface area (TPSA) is 38.1 Å². The summed E-state index contributed by atoms with van der Waals surface area (Å²) in [5, 5.41) is 3.37. The summed E-state index contributed by atoms with van der Waals surface area (Å²) in [6.07, 6.45) is 1.56. The highest BCUT2D eigenvalue weighted by Crippen LogP contribution is 2.12. The Balaban J connectivity index is 1.87. The number of furan rings is 1. The summed E-state index contributed by atoms with van der Waals surface area (Å²) in [7, 11) is 0. The summed E-state index contributed by atoms with van der Waals surface area (Å²) in [6, 6.07) is 6.38. The molecule has 0 aliphatic heterocycles. The van der Waals surface area contributed by atoms with Crippen molar-refractivity contribution in [3.05, 3.63) is 53.0 Å². The van der Waals surface area contributed by atoms with Crippen molar-refractivity contribution in [2.75, 3.05) is 0 Å². The standard InChI is InChI=1S/C11H10ClFN2O/c12-11-4-3-8(16-11)6-14-7-10-9(13)2-1-5-15-10/h1-5,14H,6-7H2. The van der Waals surface area contributed by atoms with E-state index in [4.69, 9.17) is 16.0 Å². The Morgan fingerprint density at radius 1 is 1.31 bits per heavy atom. The van der Waals surface area contributed by atoms with Crippen molar-refractivity contribution in [3.63, 3.8) is 0 Å². The van der Waals surface area contributed by atoms with Crippen LogP contribution in [0.5, 0.6) is 0 Å². The Morgan fingerprint density at radius 2 is 2.19 bits per heavy atom. The Hall–Kier alpha value is -1.39. The minimum Gasteiger partial charge on any atom is -0.448 e. The molecular weight excluding hydrogens is 231 g/mol. The lowest BCUT2D eigenvalue weighted by Gasteiger charge is -2.02. The lowest BCUT2D eigenvalue weighted by molar-refractivity contribution is 0.478. The molecule has 2 heterocycles. The molecule has 0 saturated carbocycles. The second-order valence-corrected chi connectivity index (χ2v) is 3.61. The lowest BCUT2D eigenvalue weighted by atomic mass is 10.3. The lowest BCUT2D eigenvalue weighted by Crippen LogP contribution is -2.14. The maximum absolute atomic E-state index is 13.2. The molecule has 0 unspecified atom stereocenters. The zero-order valence-corrected chi connectivity index (χ0v) is 9.17. The van der Waals surface area contributed by atoms with Gasteiger partial charge in [0.25, 0.3) is 0 Å². The number of halogens is 2. The van der Waals surface area contributed by atoms with Crippen LogP contribution in [0.25, 0.3) is 0 Å². The van der Waals surface area contributed by atoms with Gasteiger partial charge < -0.3 is 9.73 Å². The van der Waals surface area contributed by atoms with E-state index in [-0.39, 0.29) is 5.82 Å². The first-order chi connectivity index (χ1) is 7.75. The van der Waals surface area contributed by atoms with Crippen LogP contribution < -0.4 is 5.32 Å². The van der Waals surface area contributed by atoms with Gasteiger partial charge in [-0.2, -0.15) is 0 Å². The van der Waals surface area contributed by atoms with Crippen molar-refractivity contribution in [3.8, 4) is 0 Å². The molecule has 0 fully saturated rings. The van der Waals surface area contributed by atoms with Gasteiger partial charge in [0, 0.05) is 12.7 Å². The third kappa shape index (κ3) is 2.81. The zero-order valence-electron chi connectivity index (χ0n) is 8.41. The van der Waals surface area contributed by atoms with Crippen molar-refractivity contribution >= 4 is 11.6 Å². The number of pyridine rings is 1. The quantitative estimate of drug-likeness (QED) is 0.893. The molecule has 0 radical (unpaired) electrons. The SMILES string of the molecule is Fc1cccnc1CNCc1ccc(Cl)o1. The highest BCUT2D eigenvalue weighted by atomic mass is 35.5. The molecule has 0 saturated heterocycles. The van der Waals surface area contributed by atoms with E-state index >= 15 is 0 Å². The molecule has 2 aromatic rings. The fraction of sp³-hybridized carbons (Fsp3) is 0.182. The van der Waals surface area contributed by atoms with Gasteiger partial charge >= 0.3 is 0 Å². The molecule has 3 nitrogen and oxygen atoms in total. The van der Waals surface area contributed by atoms with Crippen LogP contribution in [0.15, 0.2) is 34.9 Å². The van der Waals surface area contributed by atoms with Gasteiger partial charge in [0.05, 0.1) is 12.2 Å². The Morgan fingerprint density at radius 3 is 2.88 bits per heavy atom. The Kier molecular flexibility index (Phi) is 3.54. The number of rotatable bonds is 4. The van der Waals surface area contributed by atoms with E-state index in [1.54, 1.807) is 24.4 Å². The average Bonchev–Trinajstić information content (AvgIpc) is 2.67. The van der Waals surface area contributed by atoms with E-state index in [1.807, 2.05) is 0 Å². The van der Waals surface area contributed by atoms with Crippen molar-refractivity contribution in [2.24, 2.45) is 0 Å². The minimum atomic E-state index is -0.313. The normalized spacial score (nSPS) is 10.6. The fourth-order valence-corrected chi connectivity index (χ4v) is 1.46. The molecule has 0 atom stereocenters. The molecule has 0 aromatic carbocycles. The summed E-state index contributed by atoms with van der Waals surface area (Å²) in [5.41, 5.74) is 0.389. The molecular formula is C11H10ClFN2O. The maximum Gasteiger partial charge on any atom is 0.193 e. The Bertz CT molecular complexity index is 473. The van der Waals surface area contributed by atoms with Crippen molar-refractivity contribution in [1.29, 1.82) is 0 Å². The largest absolute Gasteiger partial charge is 0.448 e. The van der Waals surface area contributed by atoms with E-state index in [0.717, 1.165) is 0 Å². The van der Waals surface area contributed by atoms with Gasteiger partial charge in [-0.3, -0.25) is 4.98 Å². The van der Waals surface area contributed by atoms with E-state index in [0.29, 0.717) is 29.8 Å². The van der Waals surface area contributed by atoms with Gasteiger partial charge in [-0.15, -0.1) is 0 Å². The molecule has 0 aliphatic carbocycles. The van der Waals surface area contributed by atoms with Crippen molar-refractivity contribution in [2.45, 2.75) is 13.1 Å². The number of aromatic nitrogens is 1. The molecule has 2 aromatic heterocycles.